The minimum absolute atomic E-state index is 0.211. The van der Waals surface area contributed by atoms with Crippen LogP contribution in [0.3, 0.4) is 0 Å². The summed E-state index contributed by atoms with van der Waals surface area (Å²) in [6.45, 7) is 0. The molecule has 0 heteroatoms. The average Bonchev–Trinajstić information content (AvgIpc) is 3.07. The first-order valence-corrected chi connectivity index (χ1v) is 11.8. The van der Waals surface area contributed by atoms with E-state index in [1.807, 2.05) is 66.7 Å². The minimum atomic E-state index is -0.411. The third-order valence-electron chi connectivity index (χ3n) is 6.68. The first-order chi connectivity index (χ1) is 21.2. The molecule has 36 heavy (non-hydrogen) atoms. The number of hydrogen-bond donors (Lipinski definition) is 0. The molecule has 0 unspecified atom stereocenters. The van der Waals surface area contributed by atoms with Gasteiger partial charge in [-0.2, -0.15) is 0 Å². The van der Waals surface area contributed by atoms with Gasteiger partial charge in [-0.25, -0.2) is 0 Å². The van der Waals surface area contributed by atoms with Crippen molar-refractivity contribution in [3.05, 3.63) is 145 Å². The van der Waals surface area contributed by atoms with Gasteiger partial charge in [-0.1, -0.05) is 133 Å². The van der Waals surface area contributed by atoms with E-state index in [4.69, 9.17) is 8.22 Å². The van der Waals surface area contributed by atoms with Gasteiger partial charge in [-0.05, 0) is 77.8 Å². The van der Waals surface area contributed by atoms with Gasteiger partial charge in [0.05, 0.1) is 11.0 Å². The summed E-state index contributed by atoms with van der Waals surface area (Å²) in [7, 11) is 0. The summed E-state index contributed by atoms with van der Waals surface area (Å²) < 4.78 is 71.3. The highest BCUT2D eigenvalue weighted by Gasteiger charge is 2.18. The highest BCUT2D eigenvalue weighted by molar-refractivity contribution is 6.23. The lowest BCUT2D eigenvalue weighted by molar-refractivity contribution is 1.63. The molecule has 0 amide bonds. The molecule has 0 bridgehead atoms. The predicted molar refractivity (Wildman–Crippen MR) is 155 cm³/mol. The van der Waals surface area contributed by atoms with Gasteiger partial charge in [0.25, 0.3) is 0 Å². The normalized spacial score (nSPS) is 14.4. The molecule has 0 atom stereocenters. The summed E-state index contributed by atoms with van der Waals surface area (Å²) in [6, 6.07) is 27.8. The lowest BCUT2D eigenvalue weighted by Gasteiger charge is -2.19. The monoisotopic (exact) mass is 464 g/mol. The van der Waals surface area contributed by atoms with Crippen LogP contribution in [0.5, 0.6) is 0 Å². The fraction of sp³-hybridized carbons (Fsp3) is 0. The molecule has 168 valence electrons. The smallest absolute Gasteiger partial charge is 0.0622 e. The van der Waals surface area contributed by atoms with Crippen LogP contribution in [0.4, 0.5) is 0 Å². The number of rotatable bonds is 3. The molecule has 7 aromatic rings. The van der Waals surface area contributed by atoms with E-state index in [0.29, 0.717) is 22.3 Å². The SMILES string of the molecule is [2H]c1c([2H])c([2H])c2c(-c3cc(-c4ccccc4)cc4ccccc34)c3c([2H])c([2H])c([2H])c([2H])c3c(-c3ccccc3)c2c1[2H]. The maximum absolute atomic E-state index is 9.21. The van der Waals surface area contributed by atoms with Crippen molar-refractivity contribution in [2.45, 2.75) is 0 Å². The molecule has 0 N–H and O–H groups in total. The summed E-state index contributed by atoms with van der Waals surface area (Å²) >= 11 is 0. The number of hydrogen-bond acceptors (Lipinski definition) is 0. The molecular formula is C36H24. The summed E-state index contributed by atoms with van der Waals surface area (Å²) in [6.07, 6.45) is 0. The van der Waals surface area contributed by atoms with Gasteiger partial charge in [0, 0.05) is 0 Å². The maximum atomic E-state index is 9.21. The van der Waals surface area contributed by atoms with E-state index in [9.17, 15) is 2.74 Å². The Morgan fingerprint density at radius 2 is 0.889 bits per heavy atom. The lowest BCUT2D eigenvalue weighted by Crippen LogP contribution is -1.92. The van der Waals surface area contributed by atoms with Crippen molar-refractivity contribution in [3.8, 4) is 33.4 Å². The summed E-state index contributed by atoms with van der Waals surface area (Å²) in [5.41, 5.74) is 3.72. The van der Waals surface area contributed by atoms with Gasteiger partial charge in [-0.3, -0.25) is 0 Å². The third-order valence-corrected chi connectivity index (χ3v) is 6.68. The molecule has 0 nitrogen and oxygen atoms in total. The van der Waals surface area contributed by atoms with Gasteiger partial charge >= 0.3 is 0 Å². The summed E-state index contributed by atoms with van der Waals surface area (Å²) in [5.74, 6) is 0. The zero-order valence-corrected chi connectivity index (χ0v) is 19.2. The first-order valence-electron chi connectivity index (χ1n) is 15.8. The number of fused-ring (bicyclic) bond motifs is 3. The molecular weight excluding hydrogens is 432 g/mol. The van der Waals surface area contributed by atoms with Gasteiger partial charge in [0.2, 0.25) is 0 Å². The Morgan fingerprint density at radius 1 is 0.389 bits per heavy atom. The van der Waals surface area contributed by atoms with Crippen LogP contribution < -0.4 is 0 Å². The van der Waals surface area contributed by atoms with Crippen molar-refractivity contribution in [1.29, 1.82) is 0 Å². The third kappa shape index (κ3) is 3.31. The Morgan fingerprint density at radius 3 is 1.50 bits per heavy atom. The molecule has 0 aliphatic rings. The molecule has 0 aliphatic carbocycles. The topological polar surface area (TPSA) is 0 Å². The minimum Gasteiger partial charge on any atom is -0.0622 e. The Balaban J connectivity index is 1.84. The zero-order chi connectivity index (χ0) is 30.9. The second-order valence-electron chi connectivity index (χ2n) is 8.73. The van der Waals surface area contributed by atoms with Crippen LogP contribution in [-0.2, 0) is 0 Å². The molecule has 0 saturated carbocycles. The van der Waals surface area contributed by atoms with Crippen LogP contribution in [0.15, 0.2) is 145 Å². The fourth-order valence-corrected chi connectivity index (χ4v) is 5.10. The summed E-state index contributed by atoms with van der Waals surface area (Å²) in [4.78, 5) is 0. The van der Waals surface area contributed by atoms with E-state index < -0.39 is 24.2 Å². The molecule has 7 rings (SSSR count). The van der Waals surface area contributed by atoms with Crippen LogP contribution in [0.1, 0.15) is 11.0 Å². The van der Waals surface area contributed by atoms with E-state index in [1.54, 1.807) is 24.3 Å². The molecule has 0 spiro atoms. The maximum Gasteiger partial charge on any atom is 0.0629 e. The van der Waals surface area contributed by atoms with Crippen molar-refractivity contribution >= 4 is 32.3 Å². The van der Waals surface area contributed by atoms with E-state index >= 15 is 0 Å². The highest BCUT2D eigenvalue weighted by atomic mass is 14.2. The average molecular weight is 465 g/mol. The molecule has 0 heterocycles. The van der Waals surface area contributed by atoms with Crippen molar-refractivity contribution in [3.63, 3.8) is 0 Å². The second kappa shape index (κ2) is 8.52. The van der Waals surface area contributed by atoms with Crippen molar-refractivity contribution in [1.82, 2.24) is 0 Å². The Labute approximate surface area is 222 Å². The Hall–Kier alpha value is -4.68. The van der Waals surface area contributed by atoms with E-state index in [-0.39, 0.29) is 45.7 Å². The predicted octanol–water partition coefficient (Wildman–Crippen LogP) is 10.1. The van der Waals surface area contributed by atoms with E-state index in [0.717, 1.165) is 21.9 Å². The zero-order valence-electron chi connectivity index (χ0n) is 27.2. The molecule has 0 saturated heterocycles. The molecule has 0 aromatic heterocycles. The van der Waals surface area contributed by atoms with E-state index in [1.165, 1.54) is 0 Å². The molecule has 0 fully saturated rings. The summed E-state index contributed by atoms with van der Waals surface area (Å²) in [5, 5.41) is 2.53. The van der Waals surface area contributed by atoms with Crippen molar-refractivity contribution < 1.29 is 11.0 Å². The molecule has 0 aliphatic heterocycles. The van der Waals surface area contributed by atoms with Crippen LogP contribution in [0.2, 0.25) is 0 Å². The van der Waals surface area contributed by atoms with Gasteiger partial charge in [0.15, 0.2) is 0 Å². The van der Waals surface area contributed by atoms with Gasteiger partial charge in [-0.15, -0.1) is 0 Å². The lowest BCUT2D eigenvalue weighted by atomic mass is 9.84. The second-order valence-corrected chi connectivity index (χ2v) is 8.73. The van der Waals surface area contributed by atoms with Crippen LogP contribution >= 0.6 is 0 Å². The van der Waals surface area contributed by atoms with Gasteiger partial charge < -0.3 is 0 Å². The van der Waals surface area contributed by atoms with Crippen molar-refractivity contribution in [2.75, 3.05) is 0 Å². The number of benzene rings is 7. The van der Waals surface area contributed by atoms with Gasteiger partial charge in [0.1, 0.15) is 0 Å². The highest BCUT2D eigenvalue weighted by Crippen LogP contribution is 2.46. The fourth-order valence-electron chi connectivity index (χ4n) is 5.10. The largest absolute Gasteiger partial charge is 0.0629 e. The first kappa shape index (κ1) is 14.0. The van der Waals surface area contributed by atoms with Crippen LogP contribution in [0, 0.1) is 0 Å². The van der Waals surface area contributed by atoms with Crippen LogP contribution in [-0.4, -0.2) is 0 Å². The Kier molecular flexibility index (Phi) is 3.32. The Bertz CT molecular complexity index is 2210. The van der Waals surface area contributed by atoms with Crippen molar-refractivity contribution in [2.24, 2.45) is 0 Å². The quantitative estimate of drug-likeness (QED) is 0.228. The van der Waals surface area contributed by atoms with E-state index in [2.05, 4.69) is 6.07 Å². The molecule has 7 aromatic carbocycles. The van der Waals surface area contributed by atoms with Crippen LogP contribution in [0.25, 0.3) is 65.7 Å². The standard InChI is InChI=1S/C36H24/c1-3-13-25(14-4-1)28-23-27-17-7-8-18-29(27)34(24-28)36-32-21-11-9-19-30(32)35(26-15-5-2-6-16-26)31-20-10-12-22-33(31)36/h1-24H/i9D,10D,11D,12D,19D,20D,21D,22D. The molecule has 0 radical (unpaired) electrons.